The SMILES string of the molecule is CSc1oncc1CN. The van der Waals surface area contributed by atoms with Gasteiger partial charge in [-0.05, 0) is 6.26 Å². The molecule has 0 aliphatic heterocycles. The average Bonchev–Trinajstić information content (AvgIpc) is 2.33. The molecule has 0 unspecified atom stereocenters. The van der Waals surface area contributed by atoms with Crippen LogP contribution in [0, 0.1) is 0 Å². The maximum atomic E-state index is 5.36. The van der Waals surface area contributed by atoms with Crippen LogP contribution >= 0.6 is 11.8 Å². The van der Waals surface area contributed by atoms with Crippen LogP contribution in [0.15, 0.2) is 15.8 Å². The number of rotatable bonds is 2. The highest BCUT2D eigenvalue weighted by Crippen LogP contribution is 2.18. The van der Waals surface area contributed by atoms with Gasteiger partial charge in [0.05, 0.1) is 6.20 Å². The smallest absolute Gasteiger partial charge is 0.197 e. The van der Waals surface area contributed by atoms with Crippen molar-refractivity contribution >= 4 is 11.8 Å². The van der Waals surface area contributed by atoms with E-state index in [0.717, 1.165) is 10.7 Å². The molecule has 0 radical (unpaired) electrons. The summed E-state index contributed by atoms with van der Waals surface area (Å²) in [7, 11) is 0. The Morgan fingerprint density at radius 2 is 2.67 bits per heavy atom. The van der Waals surface area contributed by atoms with E-state index in [1.165, 1.54) is 11.8 Å². The van der Waals surface area contributed by atoms with E-state index in [9.17, 15) is 0 Å². The van der Waals surface area contributed by atoms with Crippen molar-refractivity contribution in [2.45, 2.75) is 11.6 Å². The molecule has 0 spiro atoms. The molecule has 0 atom stereocenters. The fourth-order valence-corrected chi connectivity index (χ4v) is 1.07. The van der Waals surface area contributed by atoms with Gasteiger partial charge in [-0.25, -0.2) is 0 Å². The number of thioether (sulfide) groups is 1. The Morgan fingerprint density at radius 1 is 1.89 bits per heavy atom. The Bertz CT molecular complexity index is 168. The van der Waals surface area contributed by atoms with Crippen LogP contribution < -0.4 is 5.73 Å². The lowest BCUT2D eigenvalue weighted by Crippen LogP contribution is -1.94. The van der Waals surface area contributed by atoms with Crippen molar-refractivity contribution in [2.75, 3.05) is 6.26 Å². The lowest BCUT2D eigenvalue weighted by atomic mass is 10.4. The van der Waals surface area contributed by atoms with Gasteiger partial charge in [-0.15, -0.1) is 0 Å². The Morgan fingerprint density at radius 3 is 3.11 bits per heavy atom. The van der Waals surface area contributed by atoms with E-state index in [1.54, 1.807) is 6.20 Å². The van der Waals surface area contributed by atoms with Crippen molar-refractivity contribution in [3.8, 4) is 0 Å². The molecule has 0 aliphatic rings. The molecule has 0 fully saturated rings. The minimum Gasteiger partial charge on any atom is -0.350 e. The predicted molar refractivity (Wildman–Crippen MR) is 36.2 cm³/mol. The number of nitrogens with zero attached hydrogens (tertiary/aromatic N) is 1. The van der Waals surface area contributed by atoms with E-state index in [1.807, 2.05) is 6.26 Å². The van der Waals surface area contributed by atoms with Gasteiger partial charge < -0.3 is 10.3 Å². The summed E-state index contributed by atoms with van der Waals surface area (Å²) in [5.41, 5.74) is 6.33. The van der Waals surface area contributed by atoms with Crippen LogP contribution in [0.5, 0.6) is 0 Å². The van der Waals surface area contributed by atoms with Crippen LogP contribution in [-0.4, -0.2) is 11.4 Å². The van der Waals surface area contributed by atoms with Gasteiger partial charge in [0.2, 0.25) is 0 Å². The highest BCUT2D eigenvalue weighted by molar-refractivity contribution is 7.98. The minimum atomic E-state index is 0.500. The van der Waals surface area contributed by atoms with Crippen molar-refractivity contribution in [3.63, 3.8) is 0 Å². The van der Waals surface area contributed by atoms with Gasteiger partial charge in [0.15, 0.2) is 5.09 Å². The highest BCUT2D eigenvalue weighted by Gasteiger charge is 2.02. The molecular weight excluding hydrogens is 136 g/mol. The first-order chi connectivity index (χ1) is 4.38. The molecule has 1 aromatic heterocycles. The van der Waals surface area contributed by atoms with Crippen molar-refractivity contribution in [1.29, 1.82) is 0 Å². The van der Waals surface area contributed by atoms with Gasteiger partial charge in [0, 0.05) is 12.1 Å². The number of aromatic nitrogens is 1. The van der Waals surface area contributed by atoms with Crippen molar-refractivity contribution in [3.05, 3.63) is 11.8 Å². The van der Waals surface area contributed by atoms with Crippen molar-refractivity contribution < 1.29 is 4.52 Å². The number of hydrogen-bond acceptors (Lipinski definition) is 4. The van der Waals surface area contributed by atoms with E-state index in [-0.39, 0.29) is 0 Å². The summed E-state index contributed by atoms with van der Waals surface area (Å²) in [4.78, 5) is 0. The van der Waals surface area contributed by atoms with Crippen molar-refractivity contribution in [1.82, 2.24) is 5.16 Å². The number of nitrogens with two attached hydrogens (primary N) is 1. The fraction of sp³-hybridized carbons (Fsp3) is 0.400. The van der Waals surface area contributed by atoms with Crippen LogP contribution in [0.4, 0.5) is 0 Å². The standard InChI is InChI=1S/C5H8N2OS/c1-9-5-4(2-6)3-7-8-5/h3H,2,6H2,1H3. The molecule has 0 bridgehead atoms. The lowest BCUT2D eigenvalue weighted by Gasteiger charge is -1.88. The van der Waals surface area contributed by atoms with Gasteiger partial charge in [-0.3, -0.25) is 0 Å². The summed E-state index contributed by atoms with van der Waals surface area (Å²) < 4.78 is 4.84. The molecule has 1 rings (SSSR count). The second-order valence-corrected chi connectivity index (χ2v) is 2.33. The monoisotopic (exact) mass is 144 g/mol. The second-order valence-electron chi connectivity index (χ2n) is 1.55. The third kappa shape index (κ3) is 1.25. The Labute approximate surface area is 57.6 Å². The van der Waals surface area contributed by atoms with E-state index in [2.05, 4.69) is 5.16 Å². The molecule has 50 valence electrons. The van der Waals surface area contributed by atoms with E-state index in [4.69, 9.17) is 10.3 Å². The summed E-state index contributed by atoms with van der Waals surface area (Å²) in [5, 5.41) is 4.41. The topological polar surface area (TPSA) is 52.0 Å². The van der Waals surface area contributed by atoms with Crippen LogP contribution in [0.2, 0.25) is 0 Å². The molecule has 1 heterocycles. The Hall–Kier alpha value is -0.480. The molecule has 0 amide bonds. The molecule has 9 heavy (non-hydrogen) atoms. The van der Waals surface area contributed by atoms with E-state index < -0.39 is 0 Å². The van der Waals surface area contributed by atoms with Crippen LogP contribution in [-0.2, 0) is 6.54 Å². The maximum absolute atomic E-state index is 5.36. The first-order valence-electron chi connectivity index (χ1n) is 2.56. The average molecular weight is 144 g/mol. The summed E-state index contributed by atoms with van der Waals surface area (Å²) in [6.45, 7) is 0.500. The zero-order chi connectivity index (χ0) is 6.69. The molecule has 2 N–H and O–H groups in total. The van der Waals surface area contributed by atoms with Gasteiger partial charge in [0.25, 0.3) is 0 Å². The summed E-state index contributed by atoms with van der Waals surface area (Å²) in [5.74, 6) is 0. The van der Waals surface area contributed by atoms with E-state index >= 15 is 0 Å². The van der Waals surface area contributed by atoms with Crippen molar-refractivity contribution in [2.24, 2.45) is 5.73 Å². The minimum absolute atomic E-state index is 0.500. The quantitative estimate of drug-likeness (QED) is 0.625. The van der Waals surface area contributed by atoms with Gasteiger partial charge in [-0.2, -0.15) is 0 Å². The summed E-state index contributed by atoms with van der Waals surface area (Å²) >= 11 is 1.52. The predicted octanol–water partition coefficient (Wildman–Crippen LogP) is 0.855. The molecule has 4 heteroatoms. The van der Waals surface area contributed by atoms with Gasteiger partial charge in [0.1, 0.15) is 0 Å². The normalized spacial score (nSPS) is 10.0. The maximum Gasteiger partial charge on any atom is 0.197 e. The van der Waals surface area contributed by atoms with Gasteiger partial charge in [-0.1, -0.05) is 16.9 Å². The Kier molecular flexibility index (Phi) is 2.13. The first-order valence-corrected chi connectivity index (χ1v) is 3.78. The molecule has 0 saturated heterocycles. The first kappa shape index (κ1) is 6.64. The van der Waals surface area contributed by atoms with Gasteiger partial charge >= 0.3 is 0 Å². The molecule has 0 aliphatic carbocycles. The highest BCUT2D eigenvalue weighted by atomic mass is 32.2. The van der Waals surface area contributed by atoms with Crippen LogP contribution in [0.3, 0.4) is 0 Å². The molecule has 1 aromatic rings. The molecule has 3 nitrogen and oxygen atoms in total. The Balaban J connectivity index is 2.85. The summed E-state index contributed by atoms with van der Waals surface area (Å²) in [6.07, 6.45) is 3.57. The zero-order valence-electron chi connectivity index (χ0n) is 5.13. The number of hydrogen-bond donors (Lipinski definition) is 1. The fourth-order valence-electron chi connectivity index (χ4n) is 0.554. The largest absolute Gasteiger partial charge is 0.350 e. The molecular formula is C5H8N2OS. The molecule has 0 saturated carbocycles. The third-order valence-corrected chi connectivity index (χ3v) is 1.72. The van der Waals surface area contributed by atoms with E-state index in [0.29, 0.717) is 6.54 Å². The molecule has 0 aromatic carbocycles. The third-order valence-electron chi connectivity index (χ3n) is 1.01. The second kappa shape index (κ2) is 2.89. The zero-order valence-corrected chi connectivity index (χ0v) is 5.94. The van der Waals surface area contributed by atoms with Crippen LogP contribution in [0.25, 0.3) is 0 Å². The van der Waals surface area contributed by atoms with Crippen LogP contribution in [0.1, 0.15) is 5.56 Å². The summed E-state index contributed by atoms with van der Waals surface area (Å²) in [6, 6.07) is 0. The lowest BCUT2D eigenvalue weighted by molar-refractivity contribution is 0.347.